The van der Waals surface area contributed by atoms with Crippen LogP contribution in [0, 0.1) is 0 Å². The maximum atomic E-state index is 6.00. The van der Waals surface area contributed by atoms with Crippen LogP contribution in [0.1, 0.15) is 26.7 Å². The van der Waals surface area contributed by atoms with E-state index in [-0.39, 0.29) is 0 Å². The molecule has 0 saturated heterocycles. The van der Waals surface area contributed by atoms with Gasteiger partial charge in [0.25, 0.3) is 0 Å². The fourth-order valence-corrected chi connectivity index (χ4v) is 2.65. The zero-order valence-electron chi connectivity index (χ0n) is 12.6. The molecule has 0 spiro atoms. The third kappa shape index (κ3) is 8.50. The molecule has 0 aliphatic heterocycles. The summed E-state index contributed by atoms with van der Waals surface area (Å²) in [6.45, 7) is 15.3. The first-order chi connectivity index (χ1) is 9.69. The first kappa shape index (κ1) is 18.4. The number of hydrogen-bond acceptors (Lipinski definition) is 1. The Bertz CT molecular complexity index is 425. The van der Waals surface area contributed by atoms with Crippen molar-refractivity contribution in [1.82, 2.24) is 0 Å². The SMILES string of the molecule is C=C/C=C(\C=C)OP(/C=C/CCC=C)/C(C)=C/C=C\C. The van der Waals surface area contributed by atoms with Gasteiger partial charge in [-0.1, -0.05) is 49.6 Å². The Morgan fingerprint density at radius 3 is 2.45 bits per heavy atom. The number of unbranched alkanes of at least 4 members (excludes halogenated alkanes) is 1. The predicted octanol–water partition coefficient (Wildman–Crippen LogP) is 6.62. The first-order valence-electron chi connectivity index (χ1n) is 6.69. The molecular formula is C18H25OP. The molecule has 0 fully saturated rings. The van der Waals surface area contributed by atoms with Crippen LogP contribution >= 0.6 is 8.15 Å². The van der Waals surface area contributed by atoms with Gasteiger partial charge in [-0.2, -0.15) is 0 Å². The van der Waals surface area contributed by atoms with E-state index in [4.69, 9.17) is 4.52 Å². The molecule has 0 aromatic rings. The maximum Gasteiger partial charge on any atom is 0.138 e. The van der Waals surface area contributed by atoms with E-state index in [0.717, 1.165) is 18.6 Å². The summed E-state index contributed by atoms with van der Waals surface area (Å²) in [5.41, 5.74) is 0. The molecule has 0 aromatic carbocycles. The topological polar surface area (TPSA) is 9.23 Å². The minimum absolute atomic E-state index is 0.743. The molecule has 20 heavy (non-hydrogen) atoms. The summed E-state index contributed by atoms with van der Waals surface area (Å²) in [5, 5.41) is 1.20. The number of rotatable bonds is 10. The minimum atomic E-state index is -0.799. The zero-order valence-corrected chi connectivity index (χ0v) is 13.5. The first-order valence-corrected chi connectivity index (χ1v) is 8.02. The summed E-state index contributed by atoms with van der Waals surface area (Å²) in [7, 11) is -0.799. The van der Waals surface area contributed by atoms with Crippen LogP contribution in [0.4, 0.5) is 0 Å². The van der Waals surface area contributed by atoms with Gasteiger partial charge in [-0.25, -0.2) is 0 Å². The third-order valence-corrected chi connectivity index (χ3v) is 4.08. The van der Waals surface area contributed by atoms with Crippen molar-refractivity contribution in [1.29, 1.82) is 0 Å². The van der Waals surface area contributed by atoms with E-state index >= 15 is 0 Å². The second-order valence-electron chi connectivity index (χ2n) is 4.01. The van der Waals surface area contributed by atoms with Gasteiger partial charge in [0.1, 0.15) is 13.9 Å². The van der Waals surface area contributed by atoms with Crippen molar-refractivity contribution in [3.8, 4) is 0 Å². The van der Waals surface area contributed by atoms with Gasteiger partial charge in [0.2, 0.25) is 0 Å². The molecule has 1 atom stereocenters. The molecule has 1 unspecified atom stereocenters. The molecule has 0 aliphatic carbocycles. The van der Waals surface area contributed by atoms with E-state index < -0.39 is 8.15 Å². The Hall–Kier alpha value is -1.59. The maximum absolute atomic E-state index is 6.00. The molecule has 1 nitrogen and oxygen atoms in total. The van der Waals surface area contributed by atoms with Crippen LogP contribution in [0.3, 0.4) is 0 Å². The minimum Gasteiger partial charge on any atom is -0.465 e. The molecule has 0 aliphatic rings. The summed E-state index contributed by atoms with van der Waals surface area (Å²) < 4.78 is 6.00. The third-order valence-electron chi connectivity index (χ3n) is 2.34. The van der Waals surface area contributed by atoms with E-state index in [9.17, 15) is 0 Å². The summed E-state index contributed by atoms with van der Waals surface area (Å²) >= 11 is 0. The molecule has 0 heterocycles. The molecule has 0 N–H and O–H groups in total. The fourth-order valence-electron chi connectivity index (χ4n) is 1.28. The lowest BCUT2D eigenvalue weighted by Crippen LogP contribution is -1.84. The van der Waals surface area contributed by atoms with E-state index in [0.29, 0.717) is 0 Å². The highest BCUT2D eigenvalue weighted by molar-refractivity contribution is 7.60. The van der Waals surface area contributed by atoms with Crippen LogP contribution < -0.4 is 0 Å². The van der Waals surface area contributed by atoms with Crippen LogP contribution in [0.2, 0.25) is 0 Å². The van der Waals surface area contributed by atoms with Crippen molar-refractivity contribution in [3.05, 3.63) is 85.2 Å². The van der Waals surface area contributed by atoms with Gasteiger partial charge in [0.15, 0.2) is 0 Å². The molecule has 0 rings (SSSR count). The quantitative estimate of drug-likeness (QED) is 0.144. The Kier molecular flexibility index (Phi) is 11.5. The molecule has 0 radical (unpaired) electrons. The van der Waals surface area contributed by atoms with Gasteiger partial charge in [-0.05, 0) is 50.0 Å². The van der Waals surface area contributed by atoms with Gasteiger partial charge in [-0.3, -0.25) is 0 Å². The van der Waals surface area contributed by atoms with Crippen LogP contribution in [0.5, 0.6) is 0 Å². The number of allylic oxidation sites excluding steroid dienone is 9. The highest BCUT2D eigenvalue weighted by Crippen LogP contribution is 2.49. The lowest BCUT2D eigenvalue weighted by molar-refractivity contribution is 0.503. The molecule has 0 bridgehead atoms. The summed E-state index contributed by atoms with van der Waals surface area (Å²) in [4.78, 5) is 0. The van der Waals surface area contributed by atoms with Gasteiger partial charge in [0.05, 0.1) is 0 Å². The fraction of sp³-hybridized carbons (Fsp3) is 0.222. The second-order valence-corrected chi connectivity index (χ2v) is 5.85. The van der Waals surface area contributed by atoms with Crippen LogP contribution in [0.15, 0.2) is 85.2 Å². The average molecular weight is 288 g/mol. The monoisotopic (exact) mass is 288 g/mol. The molecule has 2 heteroatoms. The lowest BCUT2D eigenvalue weighted by atomic mass is 10.3. The van der Waals surface area contributed by atoms with E-state index in [1.54, 1.807) is 12.2 Å². The predicted molar refractivity (Wildman–Crippen MR) is 93.6 cm³/mol. The van der Waals surface area contributed by atoms with Crippen molar-refractivity contribution in [2.75, 3.05) is 0 Å². The van der Waals surface area contributed by atoms with Crippen LogP contribution in [-0.2, 0) is 4.52 Å². The van der Waals surface area contributed by atoms with Gasteiger partial charge in [0, 0.05) is 0 Å². The van der Waals surface area contributed by atoms with E-state index in [2.05, 4.69) is 44.6 Å². The van der Waals surface area contributed by atoms with E-state index in [1.165, 1.54) is 5.31 Å². The molecule has 0 amide bonds. The van der Waals surface area contributed by atoms with E-state index in [1.807, 2.05) is 31.2 Å². The largest absolute Gasteiger partial charge is 0.465 e. The standard InChI is InChI=1S/C18H25OP/c1-6-10-12-13-16-20(17(5)15-11-7-2)19-18(9-4)14-8-3/h6-9,11,13-16H,1,3-4,10,12H2,2,5H3/b11-7-,16-13+,17-15+,18-14+. The van der Waals surface area contributed by atoms with Gasteiger partial charge >= 0.3 is 0 Å². The summed E-state index contributed by atoms with van der Waals surface area (Å²) in [6.07, 6.45) is 17.4. The zero-order chi connectivity index (χ0) is 15.2. The average Bonchev–Trinajstić information content (AvgIpc) is 2.46. The summed E-state index contributed by atoms with van der Waals surface area (Å²) in [5.74, 6) is 2.88. The summed E-state index contributed by atoms with van der Waals surface area (Å²) in [6, 6.07) is 0. The van der Waals surface area contributed by atoms with Crippen molar-refractivity contribution in [2.24, 2.45) is 0 Å². The Morgan fingerprint density at radius 1 is 1.15 bits per heavy atom. The molecule has 0 aromatic heterocycles. The normalized spacial score (nSPS) is 14.5. The van der Waals surface area contributed by atoms with Crippen LogP contribution in [0.25, 0.3) is 0 Å². The van der Waals surface area contributed by atoms with Gasteiger partial charge in [-0.15, -0.1) is 6.58 Å². The highest BCUT2D eigenvalue weighted by Gasteiger charge is 2.09. The second kappa shape index (κ2) is 12.4. The Morgan fingerprint density at radius 2 is 1.90 bits per heavy atom. The molecule has 108 valence electrons. The Balaban J connectivity index is 4.99. The number of hydrogen-bond donors (Lipinski definition) is 0. The lowest BCUT2D eigenvalue weighted by Gasteiger charge is -2.16. The van der Waals surface area contributed by atoms with Crippen molar-refractivity contribution in [2.45, 2.75) is 26.7 Å². The van der Waals surface area contributed by atoms with Crippen molar-refractivity contribution >= 4 is 8.15 Å². The van der Waals surface area contributed by atoms with Crippen molar-refractivity contribution < 1.29 is 4.52 Å². The highest BCUT2D eigenvalue weighted by atomic mass is 31.1. The Labute approximate surface area is 125 Å². The van der Waals surface area contributed by atoms with Gasteiger partial charge < -0.3 is 4.52 Å². The molecular weight excluding hydrogens is 263 g/mol. The van der Waals surface area contributed by atoms with Crippen LogP contribution in [-0.4, -0.2) is 0 Å². The van der Waals surface area contributed by atoms with Crippen molar-refractivity contribution in [3.63, 3.8) is 0 Å². The molecule has 0 saturated carbocycles. The smallest absolute Gasteiger partial charge is 0.138 e.